The fourth-order valence-electron chi connectivity index (χ4n) is 1.24. The molecule has 0 heterocycles. The topological polar surface area (TPSA) is 55.5 Å². The third-order valence-corrected chi connectivity index (χ3v) is 2.36. The predicted octanol–water partition coefficient (Wildman–Crippen LogP) is 1.43. The van der Waals surface area contributed by atoms with Crippen LogP contribution in [0.1, 0.15) is 17.2 Å². The lowest BCUT2D eigenvalue weighted by Crippen LogP contribution is -2.14. The van der Waals surface area contributed by atoms with Gasteiger partial charge in [-0.2, -0.15) is 0 Å². The van der Waals surface area contributed by atoms with Crippen molar-refractivity contribution in [2.24, 2.45) is 5.73 Å². The molecule has 0 amide bonds. The molecule has 0 fully saturated rings. The molecule has 0 bridgehead atoms. The van der Waals surface area contributed by atoms with Crippen LogP contribution < -0.4 is 10.5 Å². The van der Waals surface area contributed by atoms with Crippen LogP contribution in [0.3, 0.4) is 0 Å². The highest BCUT2D eigenvalue weighted by molar-refractivity contribution is 6.17. The number of benzene rings is 1. The van der Waals surface area contributed by atoms with E-state index in [9.17, 15) is 0 Å². The zero-order valence-electron chi connectivity index (χ0n) is 8.03. The highest BCUT2D eigenvalue weighted by Gasteiger charge is 2.08. The fraction of sp³-hybridized carbons (Fsp3) is 0.400. The van der Waals surface area contributed by atoms with Crippen LogP contribution in [0.15, 0.2) is 18.2 Å². The minimum Gasteiger partial charge on any atom is -0.496 e. The second-order valence-corrected chi connectivity index (χ2v) is 3.26. The van der Waals surface area contributed by atoms with Gasteiger partial charge in [-0.15, -0.1) is 11.6 Å². The van der Waals surface area contributed by atoms with Gasteiger partial charge >= 0.3 is 0 Å². The Morgan fingerprint density at radius 3 is 2.79 bits per heavy atom. The molecular weight excluding hydrogens is 202 g/mol. The van der Waals surface area contributed by atoms with E-state index in [4.69, 9.17) is 27.2 Å². The first kappa shape index (κ1) is 11.3. The second-order valence-electron chi connectivity index (χ2n) is 2.99. The summed E-state index contributed by atoms with van der Waals surface area (Å²) in [5.41, 5.74) is 7.43. The number of rotatable bonds is 4. The van der Waals surface area contributed by atoms with E-state index in [0.717, 1.165) is 16.9 Å². The van der Waals surface area contributed by atoms with Crippen LogP contribution in [0.5, 0.6) is 5.75 Å². The number of hydrogen-bond donors (Lipinski definition) is 2. The molecule has 0 saturated carbocycles. The van der Waals surface area contributed by atoms with Gasteiger partial charge in [0, 0.05) is 5.56 Å². The van der Waals surface area contributed by atoms with Crippen molar-refractivity contribution in [3.05, 3.63) is 29.3 Å². The maximum Gasteiger partial charge on any atom is 0.123 e. The largest absolute Gasteiger partial charge is 0.496 e. The molecule has 0 aromatic heterocycles. The minimum atomic E-state index is -0.358. The van der Waals surface area contributed by atoms with Gasteiger partial charge < -0.3 is 15.6 Å². The number of ether oxygens (including phenoxy) is 1. The first-order valence-electron chi connectivity index (χ1n) is 4.32. The summed E-state index contributed by atoms with van der Waals surface area (Å²) in [6.45, 7) is -0.0753. The van der Waals surface area contributed by atoms with Gasteiger partial charge in [-0.3, -0.25) is 0 Å². The number of methoxy groups -OCH3 is 1. The molecule has 0 aliphatic carbocycles. The Balaban J connectivity index is 3.01. The highest BCUT2D eigenvalue weighted by Crippen LogP contribution is 2.23. The first-order chi connectivity index (χ1) is 6.72. The number of halogens is 1. The van der Waals surface area contributed by atoms with Crippen molar-refractivity contribution in [1.82, 2.24) is 0 Å². The first-order valence-corrected chi connectivity index (χ1v) is 4.85. The molecule has 3 nitrogen and oxygen atoms in total. The van der Waals surface area contributed by atoms with Crippen LogP contribution in [0.4, 0.5) is 0 Å². The maximum atomic E-state index is 8.89. The SMILES string of the molecule is COc1ccc([C@H](N)CO)cc1CCl. The van der Waals surface area contributed by atoms with E-state index in [1.54, 1.807) is 7.11 Å². The lowest BCUT2D eigenvalue weighted by atomic mass is 10.1. The van der Waals surface area contributed by atoms with Gasteiger partial charge in [-0.25, -0.2) is 0 Å². The molecule has 3 N–H and O–H groups in total. The molecule has 0 aliphatic heterocycles. The van der Waals surface area contributed by atoms with Gasteiger partial charge in [-0.05, 0) is 17.7 Å². The summed E-state index contributed by atoms with van der Waals surface area (Å²) >= 11 is 5.75. The third kappa shape index (κ3) is 2.38. The van der Waals surface area contributed by atoms with Crippen LogP contribution in [0.2, 0.25) is 0 Å². The summed E-state index contributed by atoms with van der Waals surface area (Å²) < 4.78 is 5.12. The number of aliphatic hydroxyl groups excluding tert-OH is 1. The molecule has 1 aromatic carbocycles. The Morgan fingerprint density at radius 2 is 2.29 bits per heavy atom. The van der Waals surface area contributed by atoms with Crippen molar-refractivity contribution in [3.8, 4) is 5.75 Å². The molecular formula is C10H14ClNO2. The third-order valence-electron chi connectivity index (χ3n) is 2.07. The quantitative estimate of drug-likeness (QED) is 0.748. The number of hydrogen-bond acceptors (Lipinski definition) is 3. The zero-order chi connectivity index (χ0) is 10.6. The summed E-state index contributed by atoms with van der Waals surface area (Å²) in [6, 6.07) is 5.13. The van der Waals surface area contributed by atoms with Gasteiger partial charge in [0.15, 0.2) is 0 Å². The van der Waals surface area contributed by atoms with E-state index < -0.39 is 0 Å². The van der Waals surface area contributed by atoms with E-state index in [1.165, 1.54) is 0 Å². The summed E-state index contributed by atoms with van der Waals surface area (Å²) in [7, 11) is 1.59. The fourth-order valence-corrected chi connectivity index (χ4v) is 1.45. The average molecular weight is 216 g/mol. The van der Waals surface area contributed by atoms with Gasteiger partial charge in [0.2, 0.25) is 0 Å². The summed E-state index contributed by atoms with van der Waals surface area (Å²) in [5, 5.41) is 8.89. The molecule has 14 heavy (non-hydrogen) atoms. The summed E-state index contributed by atoms with van der Waals surface area (Å²) in [6.07, 6.45) is 0. The van der Waals surface area contributed by atoms with Gasteiger partial charge in [0.05, 0.1) is 25.6 Å². The Bertz CT molecular complexity index is 304. The Kier molecular flexibility index (Phi) is 4.20. The van der Waals surface area contributed by atoms with Gasteiger partial charge in [0.25, 0.3) is 0 Å². The van der Waals surface area contributed by atoms with Gasteiger partial charge in [0.1, 0.15) is 5.75 Å². The second kappa shape index (κ2) is 5.20. The van der Waals surface area contributed by atoms with Crippen molar-refractivity contribution in [2.45, 2.75) is 11.9 Å². The number of alkyl halides is 1. The molecule has 0 radical (unpaired) electrons. The van der Waals surface area contributed by atoms with E-state index in [0.29, 0.717) is 5.88 Å². The normalized spacial score (nSPS) is 12.6. The number of aliphatic hydroxyl groups is 1. The highest BCUT2D eigenvalue weighted by atomic mass is 35.5. The van der Waals surface area contributed by atoms with Crippen molar-refractivity contribution in [1.29, 1.82) is 0 Å². The molecule has 1 rings (SSSR count). The van der Waals surface area contributed by atoms with Crippen LogP contribution in [-0.4, -0.2) is 18.8 Å². The van der Waals surface area contributed by atoms with E-state index in [1.807, 2.05) is 18.2 Å². The minimum absolute atomic E-state index is 0.0753. The maximum absolute atomic E-state index is 8.89. The Morgan fingerprint density at radius 1 is 1.57 bits per heavy atom. The van der Waals surface area contributed by atoms with Crippen molar-refractivity contribution in [3.63, 3.8) is 0 Å². The monoisotopic (exact) mass is 215 g/mol. The average Bonchev–Trinajstić information content (AvgIpc) is 2.26. The molecule has 78 valence electrons. The van der Waals surface area contributed by atoms with Gasteiger partial charge in [-0.1, -0.05) is 6.07 Å². The van der Waals surface area contributed by atoms with Crippen molar-refractivity contribution < 1.29 is 9.84 Å². The van der Waals surface area contributed by atoms with E-state index in [2.05, 4.69) is 0 Å². The smallest absolute Gasteiger partial charge is 0.123 e. The van der Waals surface area contributed by atoms with Crippen LogP contribution in [-0.2, 0) is 5.88 Å². The van der Waals surface area contributed by atoms with E-state index in [-0.39, 0.29) is 12.6 Å². The Hall–Kier alpha value is -0.770. The molecule has 0 saturated heterocycles. The lowest BCUT2D eigenvalue weighted by Gasteiger charge is -2.12. The summed E-state index contributed by atoms with van der Waals surface area (Å²) in [5.74, 6) is 1.11. The predicted molar refractivity (Wildman–Crippen MR) is 56.6 cm³/mol. The Labute approximate surface area is 88.4 Å². The molecule has 0 unspecified atom stereocenters. The standard InChI is InChI=1S/C10H14ClNO2/c1-14-10-3-2-7(9(12)6-13)4-8(10)5-11/h2-4,9,13H,5-6,12H2,1H3/t9-/m1/s1. The van der Waals surface area contributed by atoms with Crippen molar-refractivity contribution >= 4 is 11.6 Å². The molecule has 0 spiro atoms. The van der Waals surface area contributed by atoms with Crippen LogP contribution in [0.25, 0.3) is 0 Å². The lowest BCUT2D eigenvalue weighted by molar-refractivity contribution is 0.268. The zero-order valence-corrected chi connectivity index (χ0v) is 8.79. The number of nitrogens with two attached hydrogens (primary N) is 1. The van der Waals surface area contributed by atoms with E-state index >= 15 is 0 Å². The molecule has 1 aromatic rings. The molecule has 0 aliphatic rings. The van der Waals surface area contributed by atoms with Crippen LogP contribution in [0, 0.1) is 0 Å². The summed E-state index contributed by atoms with van der Waals surface area (Å²) in [4.78, 5) is 0. The molecule has 1 atom stereocenters. The molecule has 4 heteroatoms. The van der Waals surface area contributed by atoms with Crippen molar-refractivity contribution in [2.75, 3.05) is 13.7 Å². The van der Waals surface area contributed by atoms with Crippen LogP contribution >= 0.6 is 11.6 Å².